The van der Waals surface area contributed by atoms with Gasteiger partial charge in [-0.1, -0.05) is 120 Å². The second kappa shape index (κ2) is 23.7. The van der Waals surface area contributed by atoms with Gasteiger partial charge in [-0.05, 0) is 217 Å². The molecule has 0 radical (unpaired) electrons. The number of halogens is 2. The van der Waals surface area contributed by atoms with Crippen LogP contribution in [0.3, 0.4) is 0 Å². The number of rotatable bonds is 15. The van der Waals surface area contributed by atoms with E-state index in [1.54, 1.807) is 115 Å². The maximum absolute atomic E-state index is 12.9. The molecule has 0 spiro atoms. The molecule has 0 saturated heterocycles. The molecule has 0 fully saturated rings. The second-order valence-electron chi connectivity index (χ2n) is 19.4. The fourth-order valence-corrected chi connectivity index (χ4v) is 10.2. The van der Waals surface area contributed by atoms with Gasteiger partial charge >= 0.3 is 0 Å². The highest BCUT2D eigenvalue weighted by Crippen LogP contribution is 2.56. The van der Waals surface area contributed by atoms with E-state index in [0.717, 1.165) is 22.6 Å². The van der Waals surface area contributed by atoms with E-state index in [1.807, 2.05) is 54.6 Å². The van der Waals surface area contributed by atoms with Crippen LogP contribution in [0, 0.1) is 6.92 Å². The lowest BCUT2D eigenvalue weighted by Gasteiger charge is -2.34. The number of fused-ring (bicyclic) bond motifs is 3. The molecule has 11 aromatic rings. The summed E-state index contributed by atoms with van der Waals surface area (Å²) in [7, 11) is 0. The molecule has 1 aliphatic rings. The highest BCUT2D eigenvalue weighted by Gasteiger charge is 2.46. The molecule has 0 aliphatic heterocycles. The first-order chi connectivity index (χ1) is 39.5. The van der Waals surface area contributed by atoms with Crippen molar-refractivity contribution in [2.24, 2.45) is 0 Å². The van der Waals surface area contributed by atoms with Crippen molar-refractivity contribution in [2.45, 2.75) is 19.3 Å². The summed E-state index contributed by atoms with van der Waals surface area (Å²) < 4.78 is 24.2. The van der Waals surface area contributed by atoms with Crippen LogP contribution in [0.15, 0.2) is 267 Å². The number of hydrogen-bond acceptors (Lipinski definition) is 7. The van der Waals surface area contributed by atoms with Gasteiger partial charge in [0, 0.05) is 43.9 Å². The summed E-state index contributed by atoms with van der Waals surface area (Å²) in [5.74, 6) is 5.23. The Hall–Kier alpha value is -9.79. The van der Waals surface area contributed by atoms with Crippen molar-refractivity contribution < 1.29 is 33.3 Å². The SMILES string of the molecule is CC(=O)c1ccc(Oc2cccc(Oc3ccc(C(=O)c4ccc(Cl)cc4)cc3)c2)cc1.Cc1ccc(Oc2ccc(C3(c4ccc(Oc5ccc(C(=O)c6ccc(Cl)cc6)cc5)cc4)c4ccccc4-c4ccccc43)cc2)cc1. The quantitative estimate of drug-likeness (QED) is 0.0945. The fraction of sp³-hybridized carbons (Fsp3) is 0.0417. The Labute approximate surface area is 480 Å². The molecule has 0 saturated carbocycles. The van der Waals surface area contributed by atoms with Gasteiger partial charge in [0.2, 0.25) is 0 Å². The van der Waals surface area contributed by atoms with Crippen LogP contribution in [0.2, 0.25) is 10.0 Å². The monoisotopic (exact) mass is 1100 g/mol. The van der Waals surface area contributed by atoms with E-state index in [2.05, 4.69) is 104 Å². The highest BCUT2D eigenvalue weighted by molar-refractivity contribution is 6.31. The van der Waals surface area contributed by atoms with Crippen molar-refractivity contribution in [1.82, 2.24) is 0 Å². The van der Waals surface area contributed by atoms with Crippen LogP contribution < -0.4 is 18.9 Å². The van der Waals surface area contributed by atoms with Crippen LogP contribution in [0.4, 0.5) is 0 Å². The smallest absolute Gasteiger partial charge is 0.193 e. The Balaban J connectivity index is 0.000000187. The Kier molecular flexibility index (Phi) is 15.6. The maximum Gasteiger partial charge on any atom is 0.193 e. The van der Waals surface area contributed by atoms with Crippen molar-refractivity contribution in [3.63, 3.8) is 0 Å². The number of aryl methyl sites for hydroxylation is 1. The van der Waals surface area contributed by atoms with Crippen molar-refractivity contribution in [2.75, 3.05) is 0 Å². The minimum atomic E-state index is -0.544. The van der Waals surface area contributed by atoms with Crippen LogP contribution in [-0.4, -0.2) is 17.3 Å². The minimum absolute atomic E-state index is 0.00725. The molecule has 12 rings (SSSR count). The standard InChI is InChI=1S/C45H31ClO3.C27H19ClO4/c1-30-10-22-36(23-11-30)48-38-26-16-33(17-27-38)45(42-8-4-2-6-40(42)41-7-3-5-9-43(41)45)34-18-28-39(29-19-34)49-37-24-14-32(15-25-37)44(47)31-12-20-35(46)21-13-31;1-18(29)19-7-13-23(14-8-19)31-25-3-2-4-26(17-25)32-24-15-9-21(10-16-24)27(30)20-5-11-22(28)12-6-20/h2-29H,1H3;2-17H,1H3. The Morgan fingerprint density at radius 1 is 0.321 bits per heavy atom. The molecule has 0 heterocycles. The molecule has 11 aromatic carbocycles. The Bertz CT molecular complexity index is 3980. The number of carbonyl (C=O) groups excluding carboxylic acids is 3. The molecule has 0 unspecified atom stereocenters. The summed E-state index contributed by atoms with van der Waals surface area (Å²) in [6, 6.07) is 84.3. The number of ether oxygens (including phenoxy) is 4. The van der Waals surface area contributed by atoms with E-state index in [4.69, 9.17) is 42.1 Å². The zero-order valence-electron chi connectivity index (χ0n) is 44.0. The topological polar surface area (TPSA) is 88.1 Å². The van der Waals surface area contributed by atoms with Crippen LogP contribution in [0.5, 0.6) is 46.0 Å². The first-order valence-corrected chi connectivity index (χ1v) is 26.9. The zero-order valence-corrected chi connectivity index (χ0v) is 45.5. The molecule has 9 heteroatoms. The van der Waals surface area contributed by atoms with Crippen molar-refractivity contribution in [3.8, 4) is 57.1 Å². The number of ketones is 3. The third-order valence-electron chi connectivity index (χ3n) is 14.0. The van der Waals surface area contributed by atoms with Crippen molar-refractivity contribution in [1.29, 1.82) is 0 Å². The lowest BCUT2D eigenvalue weighted by Crippen LogP contribution is -2.28. The van der Waals surface area contributed by atoms with E-state index in [1.165, 1.54) is 34.7 Å². The first-order valence-electron chi connectivity index (χ1n) is 26.2. The van der Waals surface area contributed by atoms with Gasteiger partial charge < -0.3 is 18.9 Å². The summed E-state index contributed by atoms with van der Waals surface area (Å²) >= 11 is 11.9. The molecule has 81 heavy (non-hydrogen) atoms. The van der Waals surface area contributed by atoms with E-state index in [9.17, 15) is 14.4 Å². The maximum atomic E-state index is 12.9. The van der Waals surface area contributed by atoms with Gasteiger partial charge in [-0.3, -0.25) is 14.4 Å². The predicted octanol–water partition coefficient (Wildman–Crippen LogP) is 19.2. The average molecular weight is 1100 g/mol. The highest BCUT2D eigenvalue weighted by atomic mass is 35.5. The van der Waals surface area contributed by atoms with E-state index in [0.29, 0.717) is 72.4 Å². The summed E-state index contributed by atoms with van der Waals surface area (Å²) in [6.07, 6.45) is 0. The summed E-state index contributed by atoms with van der Waals surface area (Å²) in [5.41, 5.74) is 10.8. The molecule has 394 valence electrons. The molecule has 0 bridgehead atoms. The lowest BCUT2D eigenvalue weighted by molar-refractivity contribution is 0.101. The first kappa shape index (κ1) is 53.2. The normalized spacial score (nSPS) is 11.7. The number of Topliss-reactive ketones (excluding diaryl/α,β-unsaturated/α-hetero) is 1. The van der Waals surface area contributed by atoms with Crippen LogP contribution >= 0.6 is 23.2 Å². The zero-order chi connectivity index (χ0) is 55.9. The number of benzene rings is 11. The van der Waals surface area contributed by atoms with Crippen LogP contribution in [-0.2, 0) is 5.41 Å². The molecule has 0 atom stereocenters. The van der Waals surface area contributed by atoms with Crippen LogP contribution in [0.25, 0.3) is 11.1 Å². The minimum Gasteiger partial charge on any atom is -0.457 e. The molecular formula is C72H50Cl2O7. The van der Waals surface area contributed by atoms with Gasteiger partial charge in [-0.2, -0.15) is 0 Å². The summed E-state index contributed by atoms with van der Waals surface area (Å²) in [5, 5.41) is 1.18. The fourth-order valence-electron chi connectivity index (χ4n) is 9.96. The van der Waals surface area contributed by atoms with Gasteiger partial charge in [0.15, 0.2) is 17.3 Å². The van der Waals surface area contributed by atoms with E-state index < -0.39 is 5.41 Å². The van der Waals surface area contributed by atoms with Gasteiger partial charge in [0.05, 0.1) is 5.41 Å². The van der Waals surface area contributed by atoms with Gasteiger partial charge in [-0.25, -0.2) is 0 Å². The summed E-state index contributed by atoms with van der Waals surface area (Å²) in [6.45, 7) is 3.59. The van der Waals surface area contributed by atoms with Crippen molar-refractivity contribution >= 4 is 40.6 Å². The van der Waals surface area contributed by atoms with Gasteiger partial charge in [-0.15, -0.1) is 0 Å². The largest absolute Gasteiger partial charge is 0.457 e. The van der Waals surface area contributed by atoms with E-state index in [-0.39, 0.29) is 17.3 Å². The third-order valence-corrected chi connectivity index (χ3v) is 14.5. The number of carbonyl (C=O) groups is 3. The van der Waals surface area contributed by atoms with Gasteiger partial charge in [0.25, 0.3) is 0 Å². The summed E-state index contributed by atoms with van der Waals surface area (Å²) in [4.78, 5) is 36.9. The van der Waals surface area contributed by atoms with Gasteiger partial charge in [0.1, 0.15) is 46.0 Å². The predicted molar refractivity (Wildman–Crippen MR) is 321 cm³/mol. The second-order valence-corrected chi connectivity index (χ2v) is 20.3. The molecule has 1 aliphatic carbocycles. The molecule has 0 N–H and O–H groups in total. The Morgan fingerprint density at radius 3 is 0.975 bits per heavy atom. The molecule has 7 nitrogen and oxygen atoms in total. The Morgan fingerprint density at radius 2 is 0.617 bits per heavy atom. The third kappa shape index (κ3) is 11.8. The lowest BCUT2D eigenvalue weighted by atomic mass is 9.68. The van der Waals surface area contributed by atoms with E-state index >= 15 is 0 Å². The average Bonchev–Trinajstić information content (AvgIpc) is 3.45. The molecular weight excluding hydrogens is 1050 g/mol. The van der Waals surface area contributed by atoms with Crippen molar-refractivity contribution in [3.05, 3.63) is 333 Å². The van der Waals surface area contributed by atoms with Crippen LogP contribution in [0.1, 0.15) is 76.9 Å². The number of hydrogen-bond donors (Lipinski definition) is 0. The molecule has 0 aromatic heterocycles. The molecule has 0 amide bonds.